The first-order valence-electron chi connectivity index (χ1n) is 11.0. The second-order valence-corrected chi connectivity index (χ2v) is 8.41. The van der Waals surface area contributed by atoms with Gasteiger partial charge in [0.25, 0.3) is 5.91 Å². The number of rotatable bonds is 6. The van der Waals surface area contributed by atoms with Crippen LogP contribution in [-0.4, -0.2) is 42.4 Å². The number of aryl methyl sites for hydroxylation is 3. The average Bonchev–Trinajstić information content (AvgIpc) is 3.37. The highest BCUT2D eigenvalue weighted by Gasteiger charge is 2.32. The fourth-order valence-corrected chi connectivity index (χ4v) is 4.45. The van der Waals surface area contributed by atoms with Gasteiger partial charge in [0.1, 0.15) is 17.6 Å². The van der Waals surface area contributed by atoms with Crippen molar-refractivity contribution >= 4 is 17.6 Å². The summed E-state index contributed by atoms with van der Waals surface area (Å²) < 4.78 is 3.31. The number of nitrogens with one attached hydrogen (secondary N) is 2. The maximum atomic E-state index is 13.2. The van der Waals surface area contributed by atoms with Crippen LogP contribution in [0.3, 0.4) is 0 Å². The van der Waals surface area contributed by atoms with Gasteiger partial charge in [0, 0.05) is 32.1 Å². The SMILES string of the molecule is Cc1cnn(C)c1-c1ccc(NC(=O)[C@@H](NC(=O)c2ccnn2C)C2CCCCC2)nc1. The van der Waals surface area contributed by atoms with E-state index in [0.717, 1.165) is 48.9 Å². The van der Waals surface area contributed by atoms with E-state index in [-0.39, 0.29) is 17.7 Å². The highest BCUT2D eigenvalue weighted by Crippen LogP contribution is 2.28. The molecule has 0 spiro atoms. The first-order valence-corrected chi connectivity index (χ1v) is 11.0. The number of hydrogen-bond donors (Lipinski definition) is 2. The second-order valence-electron chi connectivity index (χ2n) is 8.41. The van der Waals surface area contributed by atoms with Crippen LogP contribution < -0.4 is 10.6 Å². The van der Waals surface area contributed by atoms with E-state index in [0.29, 0.717) is 11.5 Å². The highest BCUT2D eigenvalue weighted by molar-refractivity contribution is 6.00. The van der Waals surface area contributed by atoms with Gasteiger partial charge in [-0.2, -0.15) is 10.2 Å². The zero-order chi connectivity index (χ0) is 22.7. The van der Waals surface area contributed by atoms with Crippen LogP contribution in [0.5, 0.6) is 0 Å². The topological polar surface area (TPSA) is 107 Å². The van der Waals surface area contributed by atoms with Crippen LogP contribution in [0.4, 0.5) is 5.82 Å². The molecule has 4 rings (SSSR count). The molecule has 3 heterocycles. The molecule has 0 aromatic carbocycles. The number of pyridine rings is 1. The molecule has 0 aliphatic heterocycles. The van der Waals surface area contributed by atoms with Crippen LogP contribution in [0, 0.1) is 12.8 Å². The summed E-state index contributed by atoms with van der Waals surface area (Å²) in [6.07, 6.45) is 10.2. The summed E-state index contributed by atoms with van der Waals surface area (Å²) in [6.45, 7) is 2.00. The standard InChI is InChI=1S/C23H29N7O2/c1-15-13-26-30(3)21(15)17-9-10-19(24-14-17)27-23(32)20(16-7-5-4-6-8-16)28-22(31)18-11-12-25-29(18)2/h9-14,16,20H,4-8H2,1-3H3,(H,28,31)(H,24,27,32)/t20-/m0/s1. The summed E-state index contributed by atoms with van der Waals surface area (Å²) in [5, 5.41) is 14.2. The molecule has 3 aromatic heterocycles. The number of hydrogen-bond acceptors (Lipinski definition) is 5. The maximum absolute atomic E-state index is 13.2. The van der Waals surface area contributed by atoms with Gasteiger partial charge in [-0.05, 0) is 49.4 Å². The second kappa shape index (κ2) is 9.33. The molecule has 1 aliphatic carbocycles. The van der Waals surface area contributed by atoms with E-state index in [1.54, 1.807) is 36.3 Å². The van der Waals surface area contributed by atoms with E-state index in [1.165, 1.54) is 4.68 Å². The molecule has 0 unspecified atom stereocenters. The van der Waals surface area contributed by atoms with Gasteiger partial charge in [-0.3, -0.25) is 19.0 Å². The van der Waals surface area contributed by atoms with Crippen molar-refractivity contribution in [3.63, 3.8) is 0 Å². The van der Waals surface area contributed by atoms with Crippen LogP contribution in [0.1, 0.15) is 48.2 Å². The number of anilines is 1. The summed E-state index contributed by atoms with van der Waals surface area (Å²) in [5.74, 6) is 0.00144. The number of amides is 2. The lowest BCUT2D eigenvalue weighted by molar-refractivity contribution is -0.119. The molecular formula is C23H29N7O2. The van der Waals surface area contributed by atoms with Crippen molar-refractivity contribution in [3.05, 3.63) is 48.0 Å². The smallest absolute Gasteiger partial charge is 0.270 e. The number of nitrogens with zero attached hydrogens (tertiary/aromatic N) is 5. The molecule has 9 nitrogen and oxygen atoms in total. The maximum Gasteiger partial charge on any atom is 0.270 e. The van der Waals surface area contributed by atoms with Gasteiger partial charge in [-0.25, -0.2) is 4.98 Å². The Morgan fingerprint density at radius 2 is 1.81 bits per heavy atom. The molecule has 0 bridgehead atoms. The Bertz CT molecular complexity index is 1070. The lowest BCUT2D eigenvalue weighted by Crippen LogP contribution is -2.49. The van der Waals surface area contributed by atoms with Gasteiger partial charge in [0.2, 0.25) is 5.91 Å². The molecule has 1 atom stereocenters. The van der Waals surface area contributed by atoms with Crippen molar-refractivity contribution in [1.29, 1.82) is 0 Å². The Labute approximate surface area is 187 Å². The third kappa shape index (κ3) is 4.56. The van der Waals surface area contributed by atoms with Crippen LogP contribution in [0.15, 0.2) is 36.8 Å². The summed E-state index contributed by atoms with van der Waals surface area (Å²) in [5.41, 5.74) is 3.39. The number of aromatic nitrogens is 5. The van der Waals surface area contributed by atoms with Crippen molar-refractivity contribution in [3.8, 4) is 11.3 Å². The van der Waals surface area contributed by atoms with E-state index in [2.05, 4.69) is 25.8 Å². The average molecular weight is 436 g/mol. The molecule has 2 amide bonds. The van der Waals surface area contributed by atoms with E-state index in [1.807, 2.05) is 26.2 Å². The van der Waals surface area contributed by atoms with E-state index in [4.69, 9.17) is 0 Å². The van der Waals surface area contributed by atoms with E-state index >= 15 is 0 Å². The molecular weight excluding hydrogens is 406 g/mol. The predicted octanol–water partition coefficient (Wildman–Crippen LogP) is 2.84. The Kier molecular flexibility index (Phi) is 6.34. The molecule has 168 valence electrons. The van der Waals surface area contributed by atoms with Crippen molar-refractivity contribution < 1.29 is 9.59 Å². The Balaban J connectivity index is 1.50. The Morgan fingerprint density at radius 3 is 2.41 bits per heavy atom. The van der Waals surface area contributed by atoms with Crippen LogP contribution in [0.25, 0.3) is 11.3 Å². The molecule has 32 heavy (non-hydrogen) atoms. The molecule has 3 aromatic rings. The van der Waals surface area contributed by atoms with E-state index < -0.39 is 6.04 Å². The summed E-state index contributed by atoms with van der Waals surface area (Å²) >= 11 is 0. The Morgan fingerprint density at radius 1 is 1.03 bits per heavy atom. The normalized spacial score (nSPS) is 15.3. The fraction of sp³-hybridized carbons (Fsp3) is 0.435. The van der Waals surface area contributed by atoms with Gasteiger partial charge < -0.3 is 10.6 Å². The largest absolute Gasteiger partial charge is 0.339 e. The molecule has 2 N–H and O–H groups in total. The molecule has 9 heteroatoms. The lowest BCUT2D eigenvalue weighted by atomic mass is 9.83. The highest BCUT2D eigenvalue weighted by atomic mass is 16.2. The molecule has 1 aliphatic rings. The first-order chi connectivity index (χ1) is 15.4. The van der Waals surface area contributed by atoms with Gasteiger partial charge in [0.05, 0.1) is 11.9 Å². The van der Waals surface area contributed by atoms with Gasteiger partial charge in [-0.1, -0.05) is 19.3 Å². The Hall–Kier alpha value is -3.49. The zero-order valence-electron chi connectivity index (χ0n) is 18.7. The number of carbonyl (C=O) groups is 2. The number of carbonyl (C=O) groups excluding carboxylic acids is 2. The zero-order valence-corrected chi connectivity index (χ0v) is 18.7. The van der Waals surface area contributed by atoms with Crippen molar-refractivity contribution in [2.45, 2.75) is 45.1 Å². The molecule has 0 radical (unpaired) electrons. The van der Waals surface area contributed by atoms with Crippen LogP contribution >= 0.6 is 0 Å². The quantitative estimate of drug-likeness (QED) is 0.619. The summed E-state index contributed by atoms with van der Waals surface area (Å²) in [6, 6.07) is 4.71. The minimum Gasteiger partial charge on any atom is -0.339 e. The van der Waals surface area contributed by atoms with E-state index in [9.17, 15) is 9.59 Å². The van der Waals surface area contributed by atoms with Crippen molar-refractivity contribution in [2.24, 2.45) is 20.0 Å². The van der Waals surface area contributed by atoms with Crippen molar-refractivity contribution in [1.82, 2.24) is 29.9 Å². The minimum absolute atomic E-state index is 0.0947. The fourth-order valence-electron chi connectivity index (χ4n) is 4.45. The molecule has 1 saturated carbocycles. The van der Waals surface area contributed by atoms with Crippen LogP contribution in [0.2, 0.25) is 0 Å². The van der Waals surface area contributed by atoms with Gasteiger partial charge >= 0.3 is 0 Å². The van der Waals surface area contributed by atoms with Crippen LogP contribution in [-0.2, 0) is 18.9 Å². The first kappa shape index (κ1) is 21.7. The summed E-state index contributed by atoms with van der Waals surface area (Å²) in [4.78, 5) is 30.4. The van der Waals surface area contributed by atoms with Gasteiger partial charge in [-0.15, -0.1) is 0 Å². The minimum atomic E-state index is -0.626. The molecule has 1 fully saturated rings. The van der Waals surface area contributed by atoms with Gasteiger partial charge in [0.15, 0.2) is 0 Å². The predicted molar refractivity (Wildman–Crippen MR) is 121 cm³/mol. The molecule has 0 saturated heterocycles. The summed E-state index contributed by atoms with van der Waals surface area (Å²) in [7, 11) is 3.60. The third-order valence-corrected chi connectivity index (χ3v) is 6.15. The monoisotopic (exact) mass is 435 g/mol. The lowest BCUT2D eigenvalue weighted by Gasteiger charge is -2.30. The van der Waals surface area contributed by atoms with Crippen molar-refractivity contribution in [2.75, 3.05) is 5.32 Å². The third-order valence-electron chi connectivity index (χ3n) is 6.15.